The standard InChI is InChI=1S/C20H19N2OSi.C12H10N.Ir/c1-13-7-9-16(22-12-13)14-8-10-17(24(2,3)4)18-15-6-5-11-21-20(15)23-19(14)18;1-10-7-8-12(13-9-10)11-5-3-2-4-6-11;/h5-7,9-12H,1-4H3;2-5,7-9H,1H3;/q2*-1;/i1D3;;. The van der Waals surface area contributed by atoms with Crippen LogP contribution in [-0.4, -0.2) is 23.0 Å². The summed E-state index contributed by atoms with van der Waals surface area (Å²) in [6.07, 6.45) is 4.98. The number of nitrogens with zero attached hydrogens (tertiary/aromatic N) is 3. The predicted octanol–water partition coefficient (Wildman–Crippen LogP) is 7.55. The molecule has 6 aromatic rings. The van der Waals surface area contributed by atoms with E-state index in [2.05, 4.69) is 52.8 Å². The Hall–Kier alpha value is -3.44. The second-order valence-electron chi connectivity index (χ2n) is 9.92. The largest absolute Gasteiger partial charge is 0.486 e. The molecule has 0 N–H and O–H groups in total. The van der Waals surface area contributed by atoms with E-state index in [-0.39, 0.29) is 25.7 Å². The van der Waals surface area contributed by atoms with Gasteiger partial charge in [-0.05, 0) is 48.4 Å². The summed E-state index contributed by atoms with van der Waals surface area (Å²) in [5.74, 6) is 0. The molecule has 38 heavy (non-hydrogen) atoms. The summed E-state index contributed by atoms with van der Waals surface area (Å²) in [6.45, 7) is 6.72. The summed E-state index contributed by atoms with van der Waals surface area (Å²) in [5.41, 5.74) is 6.07. The van der Waals surface area contributed by atoms with Gasteiger partial charge >= 0.3 is 0 Å². The van der Waals surface area contributed by atoms with Crippen LogP contribution in [0.2, 0.25) is 19.6 Å². The Kier molecular flexibility index (Phi) is 7.17. The molecule has 0 fully saturated rings. The van der Waals surface area contributed by atoms with E-state index < -0.39 is 14.9 Å². The molecule has 0 atom stereocenters. The number of aromatic nitrogens is 3. The summed E-state index contributed by atoms with van der Waals surface area (Å²) in [4.78, 5) is 13.0. The third-order valence-electron chi connectivity index (χ3n) is 6.05. The van der Waals surface area contributed by atoms with Crippen molar-refractivity contribution < 1.29 is 28.6 Å². The fraction of sp³-hybridized carbons (Fsp3) is 0.156. The van der Waals surface area contributed by atoms with Crippen molar-refractivity contribution in [2.24, 2.45) is 0 Å². The summed E-state index contributed by atoms with van der Waals surface area (Å²) < 4.78 is 28.6. The van der Waals surface area contributed by atoms with Crippen molar-refractivity contribution in [3.63, 3.8) is 0 Å². The number of fused-ring (bicyclic) bond motifs is 3. The zero-order chi connectivity index (χ0) is 28.5. The van der Waals surface area contributed by atoms with Crippen LogP contribution in [0.3, 0.4) is 0 Å². The molecule has 6 heteroatoms. The summed E-state index contributed by atoms with van der Waals surface area (Å²) in [5, 5.41) is 3.30. The van der Waals surface area contributed by atoms with Crippen LogP contribution in [-0.2, 0) is 20.1 Å². The third kappa shape index (κ3) is 5.83. The Morgan fingerprint density at radius 3 is 2.26 bits per heavy atom. The van der Waals surface area contributed by atoms with Crippen LogP contribution < -0.4 is 5.19 Å². The van der Waals surface area contributed by atoms with Gasteiger partial charge in [0.2, 0.25) is 5.71 Å². The molecule has 0 aliphatic rings. The number of rotatable bonds is 3. The molecule has 0 aliphatic heterocycles. The number of hydrogen-bond donors (Lipinski definition) is 0. The Morgan fingerprint density at radius 1 is 0.842 bits per heavy atom. The zero-order valence-electron chi connectivity index (χ0n) is 24.7. The molecular formula is C32H29IrN3OSi-2. The molecule has 0 bridgehead atoms. The molecule has 4 heterocycles. The summed E-state index contributed by atoms with van der Waals surface area (Å²) >= 11 is 0. The third-order valence-corrected chi connectivity index (χ3v) is 8.06. The van der Waals surface area contributed by atoms with Crippen LogP contribution in [0.25, 0.3) is 44.6 Å². The van der Waals surface area contributed by atoms with Gasteiger partial charge in [-0.1, -0.05) is 54.9 Å². The van der Waals surface area contributed by atoms with Gasteiger partial charge in [-0.2, -0.15) is 0 Å². The first-order valence-corrected chi connectivity index (χ1v) is 15.6. The van der Waals surface area contributed by atoms with E-state index in [4.69, 9.17) is 8.53 Å². The molecule has 2 aromatic carbocycles. The van der Waals surface area contributed by atoms with Gasteiger partial charge in [0, 0.05) is 56.3 Å². The molecule has 4 nitrogen and oxygen atoms in total. The molecule has 6 rings (SSSR count). The Labute approximate surface area is 242 Å². The van der Waals surface area contributed by atoms with Crippen molar-refractivity contribution in [1.29, 1.82) is 0 Å². The minimum absolute atomic E-state index is 0. The van der Waals surface area contributed by atoms with Gasteiger partial charge in [0.15, 0.2) is 0 Å². The molecule has 0 aliphatic carbocycles. The minimum Gasteiger partial charge on any atom is -0.486 e. The maximum Gasteiger partial charge on any atom is 0.216 e. The molecule has 0 spiro atoms. The number of benzene rings is 2. The number of pyridine rings is 3. The fourth-order valence-corrected chi connectivity index (χ4v) is 5.66. The first kappa shape index (κ1) is 23.7. The van der Waals surface area contributed by atoms with Crippen LogP contribution in [0, 0.1) is 25.9 Å². The average molecular weight is 695 g/mol. The number of aryl methyl sites for hydroxylation is 2. The normalized spacial score (nSPS) is 12.6. The van der Waals surface area contributed by atoms with Crippen LogP contribution >= 0.6 is 0 Å². The van der Waals surface area contributed by atoms with Gasteiger partial charge < -0.3 is 14.4 Å². The average Bonchev–Trinajstić information content (AvgIpc) is 3.32. The van der Waals surface area contributed by atoms with E-state index in [1.54, 1.807) is 18.3 Å². The topological polar surface area (TPSA) is 51.8 Å². The Balaban J connectivity index is 0.000000233. The summed E-state index contributed by atoms with van der Waals surface area (Å²) in [7, 11) is -1.65. The van der Waals surface area contributed by atoms with Gasteiger partial charge in [0.25, 0.3) is 0 Å². The van der Waals surface area contributed by atoms with E-state index in [1.165, 1.54) is 16.9 Å². The van der Waals surface area contributed by atoms with E-state index in [0.717, 1.165) is 27.6 Å². The van der Waals surface area contributed by atoms with Crippen molar-refractivity contribution in [2.75, 3.05) is 0 Å². The van der Waals surface area contributed by atoms with E-state index in [0.29, 0.717) is 17.0 Å². The van der Waals surface area contributed by atoms with E-state index in [9.17, 15) is 0 Å². The van der Waals surface area contributed by atoms with Gasteiger partial charge in [0.1, 0.15) is 0 Å². The molecule has 0 amide bonds. The smallest absolute Gasteiger partial charge is 0.216 e. The number of furan rings is 1. The first-order valence-electron chi connectivity index (χ1n) is 13.6. The van der Waals surface area contributed by atoms with Crippen molar-refractivity contribution in [3.8, 4) is 22.5 Å². The predicted molar refractivity (Wildman–Crippen MR) is 155 cm³/mol. The van der Waals surface area contributed by atoms with E-state index >= 15 is 0 Å². The van der Waals surface area contributed by atoms with Gasteiger partial charge in [-0.25, -0.2) is 4.98 Å². The van der Waals surface area contributed by atoms with Gasteiger partial charge in [-0.15, -0.1) is 53.2 Å². The van der Waals surface area contributed by atoms with Crippen molar-refractivity contribution in [1.82, 2.24) is 15.0 Å². The first-order chi connectivity index (χ1) is 19.0. The Morgan fingerprint density at radius 2 is 1.61 bits per heavy atom. The van der Waals surface area contributed by atoms with E-state index in [1.807, 2.05) is 61.7 Å². The maximum absolute atomic E-state index is 7.51. The molecule has 0 saturated carbocycles. The second kappa shape index (κ2) is 11.5. The van der Waals surface area contributed by atoms with Crippen molar-refractivity contribution in [2.45, 2.75) is 33.4 Å². The molecule has 4 aromatic heterocycles. The van der Waals surface area contributed by atoms with Gasteiger partial charge in [-0.3, -0.25) is 0 Å². The minimum atomic E-state index is -2.17. The monoisotopic (exact) mass is 695 g/mol. The number of hydrogen-bond acceptors (Lipinski definition) is 4. The molecule has 1 radical (unpaired) electrons. The van der Waals surface area contributed by atoms with Crippen molar-refractivity contribution in [3.05, 3.63) is 109 Å². The van der Waals surface area contributed by atoms with Crippen LogP contribution in [0.4, 0.5) is 0 Å². The molecule has 193 valence electrons. The van der Waals surface area contributed by atoms with Crippen LogP contribution in [0.1, 0.15) is 15.2 Å². The zero-order valence-corrected chi connectivity index (χ0v) is 25.1. The molecule has 0 saturated heterocycles. The summed E-state index contributed by atoms with van der Waals surface area (Å²) in [6, 6.07) is 27.7. The van der Waals surface area contributed by atoms with Crippen LogP contribution in [0.5, 0.6) is 0 Å². The maximum atomic E-state index is 7.51. The quantitative estimate of drug-likeness (QED) is 0.142. The second-order valence-corrected chi connectivity index (χ2v) is 15.0. The fourth-order valence-electron chi connectivity index (χ4n) is 4.16. The molecular weight excluding hydrogens is 663 g/mol. The SMILES string of the molecule is Cc1ccc(-c2[c-]cccc2)nc1.[2H]C([2H])([2H])c1ccc(-c2[c-]cc([Si](C)(C)C)c3c2oc2ncccc23)nc1.[Ir]. The molecule has 0 unspecified atom stereocenters. The van der Waals surface area contributed by atoms with Crippen LogP contribution in [0.15, 0.2) is 89.7 Å². The van der Waals surface area contributed by atoms with Gasteiger partial charge in [0.05, 0.1) is 5.58 Å². The Bertz CT molecular complexity index is 1760. The van der Waals surface area contributed by atoms with Crippen molar-refractivity contribution >= 4 is 35.3 Å².